The highest BCUT2D eigenvalue weighted by Crippen LogP contribution is 2.27. The van der Waals surface area contributed by atoms with Crippen LogP contribution < -0.4 is 0 Å². The lowest BCUT2D eigenvalue weighted by molar-refractivity contribution is 0.0784. The van der Waals surface area contributed by atoms with Crippen LogP contribution in [0.3, 0.4) is 0 Å². The van der Waals surface area contributed by atoms with Crippen molar-refractivity contribution in [2.45, 2.75) is 33.1 Å². The Bertz CT molecular complexity index is 108. The first kappa shape index (κ1) is 11.9. The van der Waals surface area contributed by atoms with Crippen molar-refractivity contribution in [2.24, 2.45) is 5.41 Å². The van der Waals surface area contributed by atoms with Crippen LogP contribution in [0.1, 0.15) is 33.1 Å². The van der Waals surface area contributed by atoms with Gasteiger partial charge >= 0.3 is 0 Å². The fourth-order valence-electron chi connectivity index (χ4n) is 1.81. The summed E-state index contributed by atoms with van der Waals surface area (Å²) in [6.45, 7) is 5.65. The Kier molecular flexibility index (Phi) is 5.51. The number of hydrogen-bond acceptors (Lipinski definition) is 2. The maximum absolute atomic E-state index is 9.33. The van der Waals surface area contributed by atoms with Crippen molar-refractivity contribution in [2.75, 3.05) is 27.2 Å². The summed E-state index contributed by atoms with van der Waals surface area (Å²) in [7, 11) is 4.13. The summed E-state index contributed by atoms with van der Waals surface area (Å²) in [6, 6.07) is 0. The van der Waals surface area contributed by atoms with E-state index in [0.29, 0.717) is 6.61 Å². The van der Waals surface area contributed by atoms with Crippen LogP contribution in [-0.4, -0.2) is 37.3 Å². The minimum Gasteiger partial charge on any atom is -0.396 e. The SMILES string of the molecule is CCCC(CC)(CO)CN(C)C. The van der Waals surface area contributed by atoms with Gasteiger partial charge in [0.05, 0.1) is 0 Å². The Morgan fingerprint density at radius 2 is 1.83 bits per heavy atom. The molecule has 0 aliphatic carbocycles. The van der Waals surface area contributed by atoms with Gasteiger partial charge in [0.2, 0.25) is 0 Å². The third-order valence-electron chi connectivity index (χ3n) is 2.52. The van der Waals surface area contributed by atoms with Crippen LogP contribution in [0.2, 0.25) is 0 Å². The predicted octanol–water partition coefficient (Wildman–Crippen LogP) is 1.74. The lowest BCUT2D eigenvalue weighted by atomic mass is 9.81. The molecule has 0 amide bonds. The van der Waals surface area contributed by atoms with Gasteiger partial charge in [-0.3, -0.25) is 0 Å². The van der Waals surface area contributed by atoms with Gasteiger partial charge in [-0.25, -0.2) is 0 Å². The molecule has 0 radical (unpaired) electrons. The molecule has 1 unspecified atom stereocenters. The van der Waals surface area contributed by atoms with E-state index >= 15 is 0 Å². The molecule has 2 heteroatoms. The maximum Gasteiger partial charge on any atom is 0.0499 e. The first-order valence-corrected chi connectivity index (χ1v) is 4.86. The monoisotopic (exact) mass is 173 g/mol. The zero-order valence-corrected chi connectivity index (χ0v) is 8.93. The van der Waals surface area contributed by atoms with Crippen LogP contribution in [0.4, 0.5) is 0 Å². The molecule has 0 spiro atoms. The molecule has 0 rings (SSSR count). The Morgan fingerprint density at radius 3 is 2.08 bits per heavy atom. The van der Waals surface area contributed by atoms with Gasteiger partial charge in [-0.1, -0.05) is 20.3 Å². The van der Waals surface area contributed by atoms with Gasteiger partial charge in [0, 0.05) is 18.6 Å². The van der Waals surface area contributed by atoms with Gasteiger partial charge in [-0.05, 0) is 26.9 Å². The van der Waals surface area contributed by atoms with Gasteiger partial charge in [-0.2, -0.15) is 0 Å². The van der Waals surface area contributed by atoms with E-state index in [1.807, 2.05) is 0 Å². The van der Waals surface area contributed by atoms with E-state index in [4.69, 9.17) is 0 Å². The minimum absolute atomic E-state index is 0.137. The largest absolute Gasteiger partial charge is 0.396 e. The summed E-state index contributed by atoms with van der Waals surface area (Å²) in [5.41, 5.74) is 0.137. The molecule has 1 N–H and O–H groups in total. The van der Waals surface area contributed by atoms with Gasteiger partial charge in [0.25, 0.3) is 0 Å². The topological polar surface area (TPSA) is 23.5 Å². The number of aliphatic hydroxyl groups excluding tert-OH is 1. The summed E-state index contributed by atoms with van der Waals surface area (Å²) in [5.74, 6) is 0. The minimum atomic E-state index is 0.137. The van der Waals surface area contributed by atoms with Gasteiger partial charge in [-0.15, -0.1) is 0 Å². The Labute approximate surface area is 76.6 Å². The molecule has 0 aliphatic heterocycles. The molecule has 0 aromatic rings. The highest BCUT2D eigenvalue weighted by atomic mass is 16.3. The number of nitrogens with zero attached hydrogens (tertiary/aromatic N) is 1. The van der Waals surface area contributed by atoms with Crippen LogP contribution in [0.5, 0.6) is 0 Å². The molecule has 0 fully saturated rings. The van der Waals surface area contributed by atoms with Crippen molar-refractivity contribution in [1.29, 1.82) is 0 Å². The first-order valence-electron chi connectivity index (χ1n) is 4.86. The fraction of sp³-hybridized carbons (Fsp3) is 1.00. The lowest BCUT2D eigenvalue weighted by Gasteiger charge is -2.33. The molecule has 0 heterocycles. The number of rotatable bonds is 6. The molecular formula is C10H23NO. The zero-order chi connectivity index (χ0) is 9.61. The van der Waals surface area contributed by atoms with Crippen molar-refractivity contribution >= 4 is 0 Å². The molecule has 0 aromatic carbocycles. The Balaban J connectivity index is 4.13. The second kappa shape index (κ2) is 5.55. The Morgan fingerprint density at radius 1 is 1.25 bits per heavy atom. The highest BCUT2D eigenvalue weighted by molar-refractivity contribution is 4.78. The lowest BCUT2D eigenvalue weighted by Crippen LogP contribution is -2.36. The van der Waals surface area contributed by atoms with Crippen LogP contribution in [-0.2, 0) is 0 Å². The molecule has 2 nitrogen and oxygen atoms in total. The zero-order valence-electron chi connectivity index (χ0n) is 8.93. The van der Waals surface area contributed by atoms with Crippen LogP contribution >= 0.6 is 0 Å². The molecule has 1 atom stereocenters. The summed E-state index contributed by atoms with van der Waals surface area (Å²) in [5, 5.41) is 9.33. The molecular weight excluding hydrogens is 150 g/mol. The third kappa shape index (κ3) is 3.55. The third-order valence-corrected chi connectivity index (χ3v) is 2.52. The molecule has 12 heavy (non-hydrogen) atoms. The molecule has 74 valence electrons. The van der Waals surface area contributed by atoms with E-state index in [1.54, 1.807) is 0 Å². The molecule has 0 aliphatic rings. The summed E-state index contributed by atoms with van der Waals surface area (Å²) in [6.07, 6.45) is 3.34. The number of hydrogen-bond donors (Lipinski definition) is 1. The number of aliphatic hydroxyl groups is 1. The van der Waals surface area contributed by atoms with E-state index < -0.39 is 0 Å². The molecule has 0 aromatic heterocycles. The quantitative estimate of drug-likeness (QED) is 0.661. The Hall–Kier alpha value is -0.0800. The molecule has 0 bridgehead atoms. The van der Waals surface area contributed by atoms with Crippen molar-refractivity contribution in [3.63, 3.8) is 0 Å². The highest BCUT2D eigenvalue weighted by Gasteiger charge is 2.26. The second-order valence-electron chi connectivity index (χ2n) is 4.00. The normalized spacial score (nSPS) is 16.5. The van der Waals surface area contributed by atoms with Crippen LogP contribution in [0, 0.1) is 5.41 Å². The van der Waals surface area contributed by atoms with Crippen molar-refractivity contribution < 1.29 is 5.11 Å². The predicted molar refractivity (Wildman–Crippen MR) is 53.3 cm³/mol. The average molecular weight is 173 g/mol. The standard InChI is InChI=1S/C10H23NO/c1-5-7-10(6-2,9-12)8-11(3)4/h12H,5-9H2,1-4H3. The van der Waals surface area contributed by atoms with Crippen molar-refractivity contribution in [3.05, 3.63) is 0 Å². The maximum atomic E-state index is 9.33. The van der Waals surface area contributed by atoms with E-state index in [2.05, 4.69) is 32.8 Å². The molecule has 0 saturated carbocycles. The van der Waals surface area contributed by atoms with Gasteiger partial charge < -0.3 is 10.0 Å². The van der Waals surface area contributed by atoms with Crippen molar-refractivity contribution in [3.8, 4) is 0 Å². The van der Waals surface area contributed by atoms with E-state index in [-0.39, 0.29) is 5.41 Å². The van der Waals surface area contributed by atoms with E-state index in [1.165, 1.54) is 0 Å². The first-order chi connectivity index (χ1) is 5.60. The second-order valence-corrected chi connectivity index (χ2v) is 4.00. The van der Waals surface area contributed by atoms with Crippen molar-refractivity contribution in [1.82, 2.24) is 4.90 Å². The van der Waals surface area contributed by atoms with Gasteiger partial charge in [0.15, 0.2) is 0 Å². The summed E-state index contributed by atoms with van der Waals surface area (Å²) in [4.78, 5) is 2.16. The van der Waals surface area contributed by atoms with E-state index in [9.17, 15) is 5.11 Å². The van der Waals surface area contributed by atoms with E-state index in [0.717, 1.165) is 25.8 Å². The smallest absolute Gasteiger partial charge is 0.0499 e. The van der Waals surface area contributed by atoms with Crippen LogP contribution in [0.15, 0.2) is 0 Å². The fourth-order valence-corrected chi connectivity index (χ4v) is 1.81. The van der Waals surface area contributed by atoms with Gasteiger partial charge in [0.1, 0.15) is 0 Å². The molecule has 0 saturated heterocycles. The summed E-state index contributed by atoms with van der Waals surface area (Å²) >= 11 is 0. The summed E-state index contributed by atoms with van der Waals surface area (Å²) < 4.78 is 0. The van der Waals surface area contributed by atoms with Crippen LogP contribution in [0.25, 0.3) is 0 Å². The average Bonchev–Trinajstić information content (AvgIpc) is 2.03.